The van der Waals surface area contributed by atoms with Crippen molar-refractivity contribution in [1.82, 2.24) is 4.90 Å². The van der Waals surface area contributed by atoms with Crippen LogP contribution < -0.4 is 9.47 Å². The molecule has 0 unspecified atom stereocenters. The fraction of sp³-hybridized carbons (Fsp3) is 0.429. The largest absolute Gasteiger partial charge is 0.493 e. The molecule has 0 aliphatic heterocycles. The summed E-state index contributed by atoms with van der Waals surface area (Å²) < 4.78 is 24.0. The lowest BCUT2D eigenvalue weighted by Crippen LogP contribution is -2.50. The van der Waals surface area contributed by atoms with Gasteiger partial charge in [-0.2, -0.15) is 0 Å². The van der Waals surface area contributed by atoms with E-state index in [0.717, 1.165) is 11.0 Å². The van der Waals surface area contributed by atoms with Crippen molar-refractivity contribution in [2.45, 2.75) is 19.4 Å². The fourth-order valence-corrected chi connectivity index (χ4v) is 1.60. The third-order valence-electron chi connectivity index (χ3n) is 3.37. The maximum Gasteiger partial charge on any atom is 0.329 e. The van der Waals surface area contributed by atoms with E-state index in [2.05, 4.69) is 0 Å². The van der Waals surface area contributed by atoms with E-state index >= 15 is 0 Å². The van der Waals surface area contributed by atoms with Crippen LogP contribution >= 0.6 is 0 Å². The van der Waals surface area contributed by atoms with Crippen molar-refractivity contribution >= 4 is 11.9 Å². The molecule has 1 rings (SSSR count). The van der Waals surface area contributed by atoms with E-state index in [1.54, 1.807) is 0 Å². The average molecular weight is 299 g/mol. The molecule has 0 bridgehead atoms. The molecule has 7 heteroatoms. The van der Waals surface area contributed by atoms with E-state index in [0.29, 0.717) is 0 Å². The number of rotatable bonds is 5. The van der Waals surface area contributed by atoms with Crippen LogP contribution in [0.15, 0.2) is 12.1 Å². The summed E-state index contributed by atoms with van der Waals surface area (Å²) in [7, 11) is 4.00. The molecule has 6 nitrogen and oxygen atoms in total. The molecule has 1 aromatic carbocycles. The van der Waals surface area contributed by atoms with Gasteiger partial charge in [-0.05, 0) is 19.9 Å². The minimum atomic E-state index is -1.48. The van der Waals surface area contributed by atoms with E-state index < -0.39 is 23.2 Å². The van der Waals surface area contributed by atoms with Crippen LogP contribution in [0.5, 0.6) is 11.5 Å². The van der Waals surface area contributed by atoms with Gasteiger partial charge in [0.25, 0.3) is 5.91 Å². The molecule has 1 aromatic rings. The van der Waals surface area contributed by atoms with Crippen LogP contribution in [0.3, 0.4) is 0 Å². The number of carboxylic acids is 1. The van der Waals surface area contributed by atoms with Gasteiger partial charge in [0.05, 0.1) is 19.8 Å². The molecule has 21 heavy (non-hydrogen) atoms. The molecule has 0 aromatic heterocycles. The summed E-state index contributed by atoms with van der Waals surface area (Å²) >= 11 is 0. The zero-order chi connectivity index (χ0) is 16.4. The van der Waals surface area contributed by atoms with Crippen molar-refractivity contribution < 1.29 is 28.6 Å². The van der Waals surface area contributed by atoms with E-state index in [-0.39, 0.29) is 17.1 Å². The Kier molecular flexibility index (Phi) is 4.77. The maximum atomic E-state index is 14.0. The molecule has 1 N–H and O–H groups in total. The molecule has 0 saturated carbocycles. The van der Waals surface area contributed by atoms with Crippen LogP contribution in [0.4, 0.5) is 4.39 Å². The van der Waals surface area contributed by atoms with Gasteiger partial charge >= 0.3 is 5.97 Å². The van der Waals surface area contributed by atoms with Crippen molar-refractivity contribution in [2.75, 3.05) is 21.3 Å². The second-order valence-electron chi connectivity index (χ2n) is 4.92. The summed E-state index contributed by atoms with van der Waals surface area (Å²) in [6.45, 7) is 2.71. The van der Waals surface area contributed by atoms with Gasteiger partial charge in [0.1, 0.15) is 11.4 Å². The molecule has 0 saturated heterocycles. The number of likely N-dealkylation sites (N-methyl/N-ethyl adjacent to an activating group) is 1. The summed E-state index contributed by atoms with van der Waals surface area (Å²) in [6, 6.07) is 2.21. The lowest BCUT2D eigenvalue weighted by atomic mass is 10.0. The molecule has 0 spiro atoms. The Hall–Kier alpha value is -2.31. The lowest BCUT2D eigenvalue weighted by Gasteiger charge is -2.31. The number of nitrogens with zero attached hydrogens (tertiary/aromatic N) is 1. The van der Waals surface area contributed by atoms with Crippen molar-refractivity contribution in [3.63, 3.8) is 0 Å². The molecule has 0 fully saturated rings. The summed E-state index contributed by atoms with van der Waals surface area (Å²) in [6.07, 6.45) is 0. The first-order valence-corrected chi connectivity index (χ1v) is 6.09. The zero-order valence-corrected chi connectivity index (χ0v) is 12.6. The second kappa shape index (κ2) is 5.99. The number of carbonyl (C=O) groups is 2. The van der Waals surface area contributed by atoms with E-state index in [9.17, 15) is 14.0 Å². The number of hydrogen-bond acceptors (Lipinski definition) is 4. The molecule has 0 heterocycles. The van der Waals surface area contributed by atoms with Crippen molar-refractivity contribution in [1.29, 1.82) is 0 Å². The number of amides is 1. The van der Waals surface area contributed by atoms with E-state index in [1.807, 2.05) is 0 Å². The van der Waals surface area contributed by atoms with E-state index in [1.165, 1.54) is 41.2 Å². The van der Waals surface area contributed by atoms with Crippen molar-refractivity contribution in [3.8, 4) is 11.5 Å². The van der Waals surface area contributed by atoms with Gasteiger partial charge in [-0.1, -0.05) is 0 Å². The topological polar surface area (TPSA) is 76.1 Å². The Bertz CT molecular complexity index is 571. The normalized spacial score (nSPS) is 11.0. The number of halogens is 1. The number of aliphatic carboxylic acids is 1. The Morgan fingerprint density at radius 1 is 1.19 bits per heavy atom. The minimum absolute atomic E-state index is 0.145. The van der Waals surface area contributed by atoms with Crippen LogP contribution in [0.1, 0.15) is 24.2 Å². The lowest BCUT2D eigenvalue weighted by molar-refractivity contribution is -0.147. The number of carboxylic acid groups (broad SMARTS) is 1. The van der Waals surface area contributed by atoms with Gasteiger partial charge in [-0.25, -0.2) is 9.18 Å². The molecule has 0 aliphatic rings. The quantitative estimate of drug-likeness (QED) is 0.897. The standard InChI is InChI=1S/C14H18FNO5/c1-14(2,13(18)19)16(3)12(17)8-6-10(20-4)11(21-5)7-9(8)15/h6-7H,1-5H3,(H,18,19). The van der Waals surface area contributed by atoms with Gasteiger partial charge < -0.3 is 19.5 Å². The molecule has 0 atom stereocenters. The Morgan fingerprint density at radius 2 is 1.67 bits per heavy atom. The van der Waals surface area contributed by atoms with Gasteiger partial charge in [0.2, 0.25) is 0 Å². The highest BCUT2D eigenvalue weighted by atomic mass is 19.1. The highest BCUT2D eigenvalue weighted by molar-refractivity contribution is 5.98. The second-order valence-corrected chi connectivity index (χ2v) is 4.92. The highest BCUT2D eigenvalue weighted by Crippen LogP contribution is 2.31. The molecular formula is C14H18FNO5. The van der Waals surface area contributed by atoms with Crippen LogP contribution in [0.2, 0.25) is 0 Å². The third kappa shape index (κ3) is 3.07. The summed E-state index contributed by atoms with van der Waals surface area (Å²) in [5, 5.41) is 9.13. The number of ether oxygens (including phenoxy) is 2. The zero-order valence-electron chi connectivity index (χ0n) is 12.6. The number of hydrogen-bond donors (Lipinski definition) is 1. The Morgan fingerprint density at radius 3 is 2.10 bits per heavy atom. The van der Waals surface area contributed by atoms with Crippen LogP contribution in [0, 0.1) is 5.82 Å². The highest BCUT2D eigenvalue weighted by Gasteiger charge is 2.36. The van der Waals surface area contributed by atoms with Crippen molar-refractivity contribution in [2.24, 2.45) is 0 Å². The summed E-state index contributed by atoms with van der Waals surface area (Å²) in [4.78, 5) is 24.4. The van der Waals surface area contributed by atoms with Gasteiger partial charge in [0.15, 0.2) is 11.5 Å². The van der Waals surface area contributed by atoms with Crippen molar-refractivity contribution in [3.05, 3.63) is 23.5 Å². The summed E-state index contributed by atoms with van der Waals surface area (Å²) in [5.41, 5.74) is -1.76. The first-order chi connectivity index (χ1) is 9.66. The van der Waals surface area contributed by atoms with Crippen LogP contribution in [0.25, 0.3) is 0 Å². The first kappa shape index (κ1) is 16.7. The molecule has 116 valence electrons. The monoisotopic (exact) mass is 299 g/mol. The van der Waals surface area contributed by atoms with Gasteiger partial charge in [0, 0.05) is 13.1 Å². The Balaban J connectivity index is 3.28. The first-order valence-electron chi connectivity index (χ1n) is 6.09. The third-order valence-corrected chi connectivity index (χ3v) is 3.37. The number of methoxy groups -OCH3 is 2. The number of carbonyl (C=O) groups excluding carboxylic acids is 1. The molecular weight excluding hydrogens is 281 g/mol. The smallest absolute Gasteiger partial charge is 0.329 e. The predicted molar refractivity (Wildman–Crippen MR) is 73.3 cm³/mol. The fourth-order valence-electron chi connectivity index (χ4n) is 1.60. The summed E-state index contributed by atoms with van der Waals surface area (Å²) in [5.74, 6) is -2.44. The number of benzene rings is 1. The maximum absolute atomic E-state index is 14.0. The van der Waals surface area contributed by atoms with Crippen LogP contribution in [-0.2, 0) is 4.79 Å². The molecule has 1 amide bonds. The Labute approximate surface area is 122 Å². The van der Waals surface area contributed by atoms with E-state index in [4.69, 9.17) is 14.6 Å². The van der Waals surface area contributed by atoms with Crippen LogP contribution in [-0.4, -0.2) is 48.7 Å². The predicted octanol–water partition coefficient (Wildman–Crippen LogP) is 1.78. The molecule has 0 aliphatic carbocycles. The van der Waals surface area contributed by atoms with Gasteiger partial charge in [-0.15, -0.1) is 0 Å². The average Bonchev–Trinajstić information content (AvgIpc) is 2.44. The molecule has 0 radical (unpaired) electrons. The SMILES string of the molecule is COc1cc(F)c(C(=O)N(C)C(C)(C)C(=O)O)cc1OC. The minimum Gasteiger partial charge on any atom is -0.493 e. The van der Waals surface area contributed by atoms with Gasteiger partial charge in [-0.3, -0.25) is 4.79 Å².